The van der Waals surface area contributed by atoms with Crippen molar-refractivity contribution < 1.29 is 9.47 Å². The molecule has 15 heavy (non-hydrogen) atoms. The van der Waals surface area contributed by atoms with Crippen LogP contribution in [-0.2, 0) is 9.47 Å². The highest BCUT2D eigenvalue weighted by atomic mass is 16.5. The molecule has 0 aliphatic carbocycles. The lowest BCUT2D eigenvalue weighted by Gasteiger charge is -2.37. The zero-order chi connectivity index (χ0) is 11.1. The molecule has 1 aliphatic rings. The van der Waals surface area contributed by atoms with E-state index in [4.69, 9.17) is 9.47 Å². The van der Waals surface area contributed by atoms with Gasteiger partial charge in [0.05, 0.1) is 13.2 Å². The summed E-state index contributed by atoms with van der Waals surface area (Å²) in [5.74, 6) is 0. The van der Waals surface area contributed by atoms with Crippen molar-refractivity contribution >= 4 is 0 Å². The molecule has 1 unspecified atom stereocenters. The molecule has 1 N–H and O–H groups in total. The summed E-state index contributed by atoms with van der Waals surface area (Å²) in [7, 11) is 0. The topological polar surface area (TPSA) is 30.5 Å². The van der Waals surface area contributed by atoms with Gasteiger partial charge in [0.25, 0.3) is 0 Å². The van der Waals surface area contributed by atoms with Gasteiger partial charge in [-0.3, -0.25) is 0 Å². The third-order valence-corrected chi connectivity index (χ3v) is 2.90. The molecular weight excluding hydrogens is 190 g/mol. The molecule has 1 aliphatic heterocycles. The standard InChI is InChI=1S/C12H25NO2/c1-4-14-9-12(8-13-11(2)3)6-5-7-15-10-12/h11,13H,4-10H2,1-3H3. The van der Waals surface area contributed by atoms with Crippen molar-refractivity contribution in [3.63, 3.8) is 0 Å². The fourth-order valence-electron chi connectivity index (χ4n) is 1.95. The SMILES string of the molecule is CCOCC1(CNC(C)C)CCCOC1. The van der Waals surface area contributed by atoms with Crippen LogP contribution in [0.4, 0.5) is 0 Å². The van der Waals surface area contributed by atoms with Crippen LogP contribution in [0.3, 0.4) is 0 Å². The van der Waals surface area contributed by atoms with Crippen LogP contribution in [0.15, 0.2) is 0 Å². The summed E-state index contributed by atoms with van der Waals surface area (Å²) in [6.07, 6.45) is 2.37. The first-order valence-electron chi connectivity index (χ1n) is 6.07. The molecule has 90 valence electrons. The van der Waals surface area contributed by atoms with Gasteiger partial charge in [0.1, 0.15) is 0 Å². The number of rotatable bonds is 6. The Hall–Kier alpha value is -0.120. The highest BCUT2D eigenvalue weighted by molar-refractivity contribution is 4.84. The van der Waals surface area contributed by atoms with Gasteiger partial charge in [0.15, 0.2) is 0 Å². The zero-order valence-corrected chi connectivity index (χ0v) is 10.3. The second-order valence-corrected chi connectivity index (χ2v) is 4.83. The molecule has 1 saturated heterocycles. The molecule has 0 amide bonds. The lowest BCUT2D eigenvalue weighted by Crippen LogP contribution is -2.46. The van der Waals surface area contributed by atoms with Crippen LogP contribution in [0, 0.1) is 5.41 Å². The van der Waals surface area contributed by atoms with Crippen LogP contribution in [-0.4, -0.2) is 39.0 Å². The average molecular weight is 215 g/mol. The lowest BCUT2D eigenvalue weighted by atomic mass is 9.83. The number of hydrogen-bond acceptors (Lipinski definition) is 3. The van der Waals surface area contributed by atoms with Gasteiger partial charge in [-0.25, -0.2) is 0 Å². The van der Waals surface area contributed by atoms with E-state index < -0.39 is 0 Å². The zero-order valence-electron chi connectivity index (χ0n) is 10.3. The monoisotopic (exact) mass is 215 g/mol. The van der Waals surface area contributed by atoms with Crippen LogP contribution < -0.4 is 5.32 Å². The quantitative estimate of drug-likeness (QED) is 0.733. The highest BCUT2D eigenvalue weighted by Crippen LogP contribution is 2.28. The largest absolute Gasteiger partial charge is 0.381 e. The van der Waals surface area contributed by atoms with E-state index in [0.717, 1.165) is 39.4 Å². The van der Waals surface area contributed by atoms with E-state index in [1.54, 1.807) is 0 Å². The molecule has 0 spiro atoms. The third-order valence-electron chi connectivity index (χ3n) is 2.90. The Kier molecular flexibility index (Phi) is 5.58. The van der Waals surface area contributed by atoms with Crippen molar-refractivity contribution in [2.45, 2.75) is 39.7 Å². The van der Waals surface area contributed by atoms with E-state index in [-0.39, 0.29) is 5.41 Å². The Morgan fingerprint density at radius 1 is 1.47 bits per heavy atom. The molecule has 3 nitrogen and oxygen atoms in total. The minimum absolute atomic E-state index is 0.207. The summed E-state index contributed by atoms with van der Waals surface area (Å²) in [5.41, 5.74) is 0.207. The maximum absolute atomic E-state index is 5.59. The van der Waals surface area contributed by atoms with E-state index in [9.17, 15) is 0 Å². The molecule has 0 aromatic carbocycles. The molecule has 0 aromatic heterocycles. The summed E-state index contributed by atoms with van der Waals surface area (Å²) in [6, 6.07) is 0.533. The minimum atomic E-state index is 0.207. The number of nitrogens with one attached hydrogen (secondary N) is 1. The summed E-state index contributed by atoms with van der Waals surface area (Å²) in [4.78, 5) is 0. The van der Waals surface area contributed by atoms with Crippen molar-refractivity contribution in [3.05, 3.63) is 0 Å². The van der Waals surface area contributed by atoms with Crippen molar-refractivity contribution in [3.8, 4) is 0 Å². The first-order valence-corrected chi connectivity index (χ1v) is 6.07. The van der Waals surface area contributed by atoms with Gasteiger partial charge in [-0.2, -0.15) is 0 Å². The third kappa shape index (κ3) is 4.49. The van der Waals surface area contributed by atoms with Crippen LogP contribution in [0.25, 0.3) is 0 Å². The Balaban J connectivity index is 2.42. The molecule has 1 atom stereocenters. The Morgan fingerprint density at radius 2 is 2.27 bits per heavy atom. The van der Waals surface area contributed by atoms with Gasteiger partial charge < -0.3 is 14.8 Å². The smallest absolute Gasteiger partial charge is 0.0556 e. The van der Waals surface area contributed by atoms with E-state index >= 15 is 0 Å². The lowest BCUT2D eigenvalue weighted by molar-refractivity contribution is -0.0565. The molecule has 0 bridgehead atoms. The Morgan fingerprint density at radius 3 is 2.80 bits per heavy atom. The van der Waals surface area contributed by atoms with Gasteiger partial charge in [-0.15, -0.1) is 0 Å². The fraction of sp³-hybridized carbons (Fsp3) is 1.00. The average Bonchev–Trinajstić information content (AvgIpc) is 2.25. The van der Waals surface area contributed by atoms with Gasteiger partial charge in [-0.1, -0.05) is 13.8 Å². The molecule has 1 heterocycles. The first-order chi connectivity index (χ1) is 7.18. The predicted molar refractivity (Wildman–Crippen MR) is 62.1 cm³/mol. The summed E-state index contributed by atoms with van der Waals surface area (Å²) < 4.78 is 11.2. The Bertz CT molecular complexity index is 165. The predicted octanol–water partition coefficient (Wildman–Crippen LogP) is 1.82. The van der Waals surface area contributed by atoms with Gasteiger partial charge >= 0.3 is 0 Å². The summed E-state index contributed by atoms with van der Waals surface area (Å²) in [5, 5.41) is 3.50. The van der Waals surface area contributed by atoms with Crippen molar-refractivity contribution in [1.82, 2.24) is 5.32 Å². The van der Waals surface area contributed by atoms with Gasteiger partial charge in [0.2, 0.25) is 0 Å². The normalized spacial score (nSPS) is 27.2. The molecule has 0 radical (unpaired) electrons. The van der Waals surface area contributed by atoms with Gasteiger partial charge in [0, 0.05) is 31.2 Å². The minimum Gasteiger partial charge on any atom is -0.381 e. The van der Waals surface area contributed by atoms with E-state index in [1.165, 1.54) is 6.42 Å². The molecule has 0 aromatic rings. The Labute approximate surface area is 93.5 Å². The van der Waals surface area contributed by atoms with Crippen LogP contribution in [0.1, 0.15) is 33.6 Å². The van der Waals surface area contributed by atoms with E-state index in [0.29, 0.717) is 6.04 Å². The van der Waals surface area contributed by atoms with Crippen LogP contribution >= 0.6 is 0 Å². The van der Waals surface area contributed by atoms with Crippen LogP contribution in [0.5, 0.6) is 0 Å². The van der Waals surface area contributed by atoms with Gasteiger partial charge in [-0.05, 0) is 19.8 Å². The maximum atomic E-state index is 5.59. The summed E-state index contributed by atoms with van der Waals surface area (Å²) in [6.45, 7) is 10.8. The summed E-state index contributed by atoms with van der Waals surface area (Å²) >= 11 is 0. The molecule has 0 saturated carbocycles. The highest BCUT2D eigenvalue weighted by Gasteiger charge is 2.33. The molecule has 3 heteroatoms. The molecular formula is C12H25NO2. The number of hydrogen-bond donors (Lipinski definition) is 1. The van der Waals surface area contributed by atoms with E-state index in [2.05, 4.69) is 19.2 Å². The second-order valence-electron chi connectivity index (χ2n) is 4.83. The second kappa shape index (κ2) is 6.46. The van der Waals surface area contributed by atoms with Crippen molar-refractivity contribution in [1.29, 1.82) is 0 Å². The molecule has 1 rings (SSSR count). The fourth-order valence-corrected chi connectivity index (χ4v) is 1.95. The maximum Gasteiger partial charge on any atom is 0.0556 e. The molecule has 1 fully saturated rings. The van der Waals surface area contributed by atoms with E-state index in [1.807, 2.05) is 6.92 Å². The first kappa shape index (κ1) is 12.9. The van der Waals surface area contributed by atoms with Crippen molar-refractivity contribution in [2.75, 3.05) is 33.0 Å². The van der Waals surface area contributed by atoms with Crippen molar-refractivity contribution in [2.24, 2.45) is 5.41 Å². The number of ether oxygens (including phenoxy) is 2. The van der Waals surface area contributed by atoms with Crippen LogP contribution in [0.2, 0.25) is 0 Å².